The molecule has 0 amide bonds. The third kappa shape index (κ3) is 10.9. The molecule has 2 N–H and O–H groups in total. The lowest BCUT2D eigenvalue weighted by atomic mass is 9.87. The number of ether oxygens (including phenoxy) is 1. The monoisotopic (exact) mass is 648 g/mol. The summed E-state index contributed by atoms with van der Waals surface area (Å²) in [5.41, 5.74) is 2.38. The molecule has 47 heavy (non-hydrogen) atoms. The molecule has 7 nitrogen and oxygen atoms in total. The SMILES string of the molecule is CCCCN(CCCC)CCCc1cc2c(cc(OCC)c3cc(C(=O)O)ccc32)c(CCCN(CCCC)CCCC)c1C(=O)O. The Balaban J connectivity index is 2.13. The summed E-state index contributed by atoms with van der Waals surface area (Å²) < 4.78 is 6.08. The summed E-state index contributed by atoms with van der Waals surface area (Å²) in [6, 6.07) is 9.22. The van der Waals surface area contributed by atoms with Crippen molar-refractivity contribution < 1.29 is 24.5 Å². The minimum atomic E-state index is -0.983. The minimum absolute atomic E-state index is 0.207. The average Bonchev–Trinajstić information content (AvgIpc) is 3.06. The van der Waals surface area contributed by atoms with E-state index in [1.165, 1.54) is 12.8 Å². The largest absolute Gasteiger partial charge is 0.493 e. The number of carbonyl (C=O) groups is 2. The topological polar surface area (TPSA) is 90.3 Å². The van der Waals surface area contributed by atoms with Crippen molar-refractivity contribution >= 4 is 33.5 Å². The molecule has 7 heteroatoms. The van der Waals surface area contributed by atoms with Crippen LogP contribution in [0.15, 0.2) is 30.3 Å². The van der Waals surface area contributed by atoms with Gasteiger partial charge < -0.3 is 24.7 Å². The minimum Gasteiger partial charge on any atom is -0.493 e. The molecule has 0 atom stereocenters. The number of aryl methyl sites for hydroxylation is 2. The molecule has 3 aromatic rings. The third-order valence-corrected chi connectivity index (χ3v) is 9.30. The molecule has 0 aliphatic heterocycles. The van der Waals surface area contributed by atoms with E-state index in [1.54, 1.807) is 12.1 Å². The molecular weight excluding hydrogens is 588 g/mol. The van der Waals surface area contributed by atoms with E-state index in [2.05, 4.69) is 43.6 Å². The van der Waals surface area contributed by atoms with E-state index >= 15 is 0 Å². The molecule has 260 valence electrons. The highest BCUT2D eigenvalue weighted by molar-refractivity contribution is 6.14. The number of rotatable bonds is 24. The van der Waals surface area contributed by atoms with Crippen LogP contribution in [0.3, 0.4) is 0 Å². The van der Waals surface area contributed by atoms with E-state index in [1.807, 2.05) is 19.1 Å². The van der Waals surface area contributed by atoms with Crippen LogP contribution in [-0.4, -0.2) is 77.8 Å². The maximum Gasteiger partial charge on any atom is 0.336 e. The number of hydrogen-bond donors (Lipinski definition) is 2. The van der Waals surface area contributed by atoms with E-state index in [-0.39, 0.29) is 5.56 Å². The first-order chi connectivity index (χ1) is 22.8. The fraction of sp³-hybridized carbons (Fsp3) is 0.600. The number of nitrogens with zero attached hydrogens (tertiary/aromatic N) is 2. The van der Waals surface area contributed by atoms with E-state index in [4.69, 9.17) is 4.74 Å². The van der Waals surface area contributed by atoms with E-state index in [9.17, 15) is 19.8 Å². The van der Waals surface area contributed by atoms with Crippen LogP contribution in [-0.2, 0) is 12.8 Å². The maximum atomic E-state index is 13.1. The Morgan fingerprint density at radius 2 is 1.13 bits per heavy atom. The summed E-state index contributed by atoms with van der Waals surface area (Å²) in [6.45, 7) is 17.4. The lowest BCUT2D eigenvalue weighted by Crippen LogP contribution is -2.28. The van der Waals surface area contributed by atoms with Gasteiger partial charge in [-0.15, -0.1) is 0 Å². The number of unbranched alkanes of at least 4 members (excludes halogenated alkanes) is 4. The van der Waals surface area contributed by atoms with Gasteiger partial charge in [0.15, 0.2) is 0 Å². The summed E-state index contributed by atoms with van der Waals surface area (Å²) >= 11 is 0. The molecule has 0 aliphatic carbocycles. The Labute approximate surface area is 283 Å². The van der Waals surface area contributed by atoms with Crippen molar-refractivity contribution in [2.24, 2.45) is 0 Å². The second-order valence-electron chi connectivity index (χ2n) is 13.0. The molecular formula is C40H60N2O5. The molecule has 0 aromatic heterocycles. The maximum absolute atomic E-state index is 13.1. The van der Waals surface area contributed by atoms with Gasteiger partial charge in [-0.25, -0.2) is 9.59 Å². The molecule has 0 aliphatic rings. The fourth-order valence-electron chi connectivity index (χ4n) is 6.70. The lowest BCUT2D eigenvalue weighted by Gasteiger charge is -2.24. The lowest BCUT2D eigenvalue weighted by molar-refractivity contribution is 0.0684. The summed E-state index contributed by atoms with van der Waals surface area (Å²) in [4.78, 5) is 30.1. The summed E-state index contributed by atoms with van der Waals surface area (Å²) in [6.07, 6.45) is 12.4. The van der Waals surface area contributed by atoms with Crippen molar-refractivity contribution in [2.45, 2.75) is 112 Å². The molecule has 0 saturated heterocycles. The van der Waals surface area contributed by atoms with Gasteiger partial charge in [0.2, 0.25) is 0 Å². The number of carboxylic acid groups (broad SMARTS) is 2. The Morgan fingerprint density at radius 3 is 1.62 bits per heavy atom. The van der Waals surface area contributed by atoms with Crippen LogP contribution < -0.4 is 4.74 Å². The van der Waals surface area contributed by atoms with E-state index < -0.39 is 11.9 Å². The van der Waals surface area contributed by atoms with Gasteiger partial charge in [0, 0.05) is 5.39 Å². The molecule has 3 rings (SSSR count). The molecule has 0 heterocycles. The highest BCUT2D eigenvalue weighted by Gasteiger charge is 2.22. The number of benzene rings is 3. The first-order valence-electron chi connectivity index (χ1n) is 18.4. The van der Waals surface area contributed by atoms with Gasteiger partial charge in [0.1, 0.15) is 5.75 Å². The van der Waals surface area contributed by atoms with Crippen LogP contribution in [0.1, 0.15) is 131 Å². The van der Waals surface area contributed by atoms with Gasteiger partial charge in [-0.05, 0) is 149 Å². The van der Waals surface area contributed by atoms with Gasteiger partial charge in [0.05, 0.1) is 17.7 Å². The van der Waals surface area contributed by atoms with Crippen molar-refractivity contribution in [3.05, 3.63) is 52.6 Å². The fourth-order valence-corrected chi connectivity index (χ4v) is 6.70. The quantitative estimate of drug-likeness (QED) is 0.0935. The molecule has 0 fully saturated rings. The Bertz CT molecular complexity index is 1420. The average molecular weight is 649 g/mol. The van der Waals surface area contributed by atoms with Crippen molar-refractivity contribution in [1.82, 2.24) is 9.80 Å². The van der Waals surface area contributed by atoms with Gasteiger partial charge in [0.25, 0.3) is 0 Å². The van der Waals surface area contributed by atoms with Crippen molar-refractivity contribution in [3.8, 4) is 5.75 Å². The zero-order chi connectivity index (χ0) is 34.2. The van der Waals surface area contributed by atoms with Crippen LogP contribution >= 0.6 is 0 Å². The number of aromatic carboxylic acids is 2. The van der Waals surface area contributed by atoms with Gasteiger partial charge >= 0.3 is 11.9 Å². The normalized spacial score (nSPS) is 11.7. The van der Waals surface area contributed by atoms with Gasteiger partial charge in [-0.3, -0.25) is 0 Å². The van der Waals surface area contributed by atoms with Crippen LogP contribution in [0.25, 0.3) is 21.5 Å². The smallest absolute Gasteiger partial charge is 0.336 e. The Hall–Kier alpha value is -3.16. The van der Waals surface area contributed by atoms with Crippen LogP contribution in [0.5, 0.6) is 5.75 Å². The van der Waals surface area contributed by atoms with Crippen molar-refractivity contribution in [2.75, 3.05) is 45.9 Å². The second kappa shape index (κ2) is 20.3. The van der Waals surface area contributed by atoms with Crippen molar-refractivity contribution in [3.63, 3.8) is 0 Å². The predicted molar refractivity (Wildman–Crippen MR) is 196 cm³/mol. The van der Waals surface area contributed by atoms with E-state index in [0.29, 0.717) is 30.8 Å². The standard InChI is InChI=1S/C40H60N2O5/c1-6-11-21-41(22-12-7-2)25-15-17-30-27-34-32-20-19-31(39(43)44)28-36(32)37(47-10-5)29-35(34)33(38(30)40(45)46)18-16-26-42(23-13-8-3)24-14-9-4/h19-20,27-29H,6-18,21-26H2,1-5H3,(H,43,44)(H,45,46). The van der Waals surface area contributed by atoms with Gasteiger partial charge in [-0.2, -0.15) is 0 Å². The van der Waals surface area contributed by atoms with Gasteiger partial charge in [-0.1, -0.05) is 59.4 Å². The highest BCUT2D eigenvalue weighted by Crippen LogP contribution is 2.39. The molecule has 0 saturated carbocycles. The summed E-state index contributed by atoms with van der Waals surface area (Å²) in [7, 11) is 0. The first kappa shape index (κ1) is 38.3. The molecule has 0 unspecified atom stereocenters. The Morgan fingerprint density at radius 1 is 0.596 bits per heavy atom. The van der Waals surface area contributed by atoms with Crippen molar-refractivity contribution in [1.29, 1.82) is 0 Å². The summed E-state index contributed by atoms with van der Waals surface area (Å²) in [5.74, 6) is -1.26. The predicted octanol–water partition coefficient (Wildman–Crippen LogP) is 9.46. The molecule has 0 spiro atoms. The zero-order valence-electron chi connectivity index (χ0n) is 29.8. The summed E-state index contributed by atoms with van der Waals surface area (Å²) in [5, 5.41) is 24.0. The van der Waals surface area contributed by atoms with Crippen LogP contribution in [0.4, 0.5) is 0 Å². The molecule has 0 radical (unpaired) electrons. The number of fused-ring (bicyclic) bond motifs is 3. The Kier molecular flexibility index (Phi) is 16.5. The zero-order valence-corrected chi connectivity index (χ0v) is 29.8. The first-order valence-corrected chi connectivity index (χ1v) is 18.4. The second-order valence-corrected chi connectivity index (χ2v) is 13.0. The number of carboxylic acids is 2. The van der Waals surface area contributed by atoms with Crippen LogP contribution in [0.2, 0.25) is 0 Å². The molecule has 0 bridgehead atoms. The highest BCUT2D eigenvalue weighted by atomic mass is 16.5. The number of hydrogen-bond acceptors (Lipinski definition) is 5. The molecule has 3 aromatic carbocycles. The third-order valence-electron chi connectivity index (χ3n) is 9.30. The van der Waals surface area contributed by atoms with Crippen LogP contribution in [0, 0.1) is 0 Å². The van der Waals surface area contributed by atoms with E-state index in [0.717, 1.165) is 123 Å².